The van der Waals surface area contributed by atoms with Crippen molar-refractivity contribution < 1.29 is 4.74 Å². The Balaban J connectivity index is 2.19. The van der Waals surface area contributed by atoms with E-state index in [1.165, 1.54) is 25.7 Å². The van der Waals surface area contributed by atoms with Gasteiger partial charge in [0.05, 0.1) is 6.61 Å². The van der Waals surface area contributed by atoms with Crippen molar-refractivity contribution in [2.75, 3.05) is 13.2 Å². The van der Waals surface area contributed by atoms with Crippen molar-refractivity contribution in [3.8, 4) is 0 Å². The zero-order valence-electron chi connectivity index (χ0n) is 7.67. The Morgan fingerprint density at radius 2 is 1.42 bits per heavy atom. The Labute approximate surface area is 75.1 Å². The normalized spacial score (nSPS) is 26.7. The van der Waals surface area contributed by atoms with E-state index in [0.29, 0.717) is 0 Å². The van der Waals surface area contributed by atoms with Crippen LogP contribution in [0.1, 0.15) is 32.1 Å². The van der Waals surface area contributed by atoms with Gasteiger partial charge in [0.15, 0.2) is 0 Å². The van der Waals surface area contributed by atoms with Crippen LogP contribution in [-0.4, -0.2) is 13.2 Å². The first-order chi connectivity index (χ1) is 6.00. The summed E-state index contributed by atoms with van der Waals surface area (Å²) in [5, 5.41) is 0. The molecule has 1 rings (SSSR count). The molecule has 0 saturated heterocycles. The highest BCUT2D eigenvalue weighted by Crippen LogP contribution is 2.01. The van der Waals surface area contributed by atoms with E-state index in [-0.39, 0.29) is 0 Å². The second-order valence-corrected chi connectivity index (χ2v) is 3.09. The summed E-state index contributed by atoms with van der Waals surface area (Å²) in [6.45, 7) is 1.69. The minimum Gasteiger partial charge on any atom is -0.377 e. The summed E-state index contributed by atoms with van der Waals surface area (Å²) < 4.78 is 5.39. The van der Waals surface area contributed by atoms with E-state index < -0.39 is 0 Å². The first kappa shape index (κ1) is 9.53. The van der Waals surface area contributed by atoms with Gasteiger partial charge in [-0.3, -0.25) is 0 Å². The highest BCUT2D eigenvalue weighted by molar-refractivity contribution is 4.86. The molecule has 1 aliphatic heterocycles. The monoisotopic (exact) mass is 166 g/mol. The van der Waals surface area contributed by atoms with Crippen molar-refractivity contribution in [3.63, 3.8) is 0 Å². The third kappa shape index (κ3) is 5.14. The smallest absolute Gasteiger partial charge is 0.0647 e. The average Bonchev–Trinajstić information content (AvgIpc) is 2.05. The number of rotatable bonds is 0. The molecular weight excluding hydrogens is 148 g/mol. The van der Waals surface area contributed by atoms with E-state index in [0.717, 1.165) is 19.6 Å². The van der Waals surface area contributed by atoms with Crippen LogP contribution in [0, 0.1) is 0 Å². The van der Waals surface area contributed by atoms with E-state index in [1.54, 1.807) is 0 Å². The van der Waals surface area contributed by atoms with Gasteiger partial charge in [-0.2, -0.15) is 0 Å². The minimum atomic E-state index is 0.795. The molecule has 0 bridgehead atoms. The lowest BCUT2D eigenvalue weighted by Crippen LogP contribution is -1.93. The highest BCUT2D eigenvalue weighted by atomic mass is 16.5. The predicted octanol–water partition coefficient (Wildman–Crippen LogP) is 3.08. The van der Waals surface area contributed by atoms with Gasteiger partial charge in [-0.25, -0.2) is 0 Å². The highest BCUT2D eigenvalue weighted by Gasteiger charge is 1.87. The van der Waals surface area contributed by atoms with Crippen LogP contribution in [0.4, 0.5) is 0 Å². The van der Waals surface area contributed by atoms with Gasteiger partial charge in [0.25, 0.3) is 0 Å². The SMILES string of the molecule is C1=C\COCCC/C=C/CCC/1. The molecule has 0 atom stereocenters. The first-order valence-electron chi connectivity index (χ1n) is 4.88. The van der Waals surface area contributed by atoms with Gasteiger partial charge < -0.3 is 4.74 Å². The van der Waals surface area contributed by atoms with Gasteiger partial charge >= 0.3 is 0 Å². The molecule has 0 aromatic rings. The van der Waals surface area contributed by atoms with Crippen LogP contribution in [0.3, 0.4) is 0 Å². The van der Waals surface area contributed by atoms with E-state index >= 15 is 0 Å². The molecule has 0 fully saturated rings. The van der Waals surface area contributed by atoms with Crippen LogP contribution in [0.5, 0.6) is 0 Å². The Morgan fingerprint density at radius 1 is 0.750 bits per heavy atom. The minimum absolute atomic E-state index is 0.795. The van der Waals surface area contributed by atoms with Crippen LogP contribution < -0.4 is 0 Å². The van der Waals surface area contributed by atoms with E-state index in [4.69, 9.17) is 4.74 Å². The van der Waals surface area contributed by atoms with Gasteiger partial charge in [0.2, 0.25) is 0 Å². The molecule has 0 N–H and O–H groups in total. The van der Waals surface area contributed by atoms with Crippen LogP contribution in [-0.2, 0) is 4.74 Å². The summed E-state index contributed by atoms with van der Waals surface area (Å²) in [4.78, 5) is 0. The molecule has 0 saturated carbocycles. The Bertz CT molecular complexity index is 131. The maximum absolute atomic E-state index is 5.39. The molecule has 1 aliphatic rings. The summed E-state index contributed by atoms with van der Waals surface area (Å²) in [7, 11) is 0. The van der Waals surface area contributed by atoms with Gasteiger partial charge in [0.1, 0.15) is 0 Å². The maximum Gasteiger partial charge on any atom is 0.0647 e. The van der Waals surface area contributed by atoms with Crippen LogP contribution in [0.25, 0.3) is 0 Å². The quantitative estimate of drug-likeness (QED) is 0.502. The second-order valence-electron chi connectivity index (χ2n) is 3.09. The number of hydrogen-bond donors (Lipinski definition) is 0. The third-order valence-electron chi connectivity index (χ3n) is 1.95. The van der Waals surface area contributed by atoms with E-state index in [1.807, 2.05) is 0 Å². The number of hydrogen-bond acceptors (Lipinski definition) is 1. The lowest BCUT2D eigenvalue weighted by atomic mass is 10.2. The molecule has 1 heterocycles. The Morgan fingerprint density at radius 3 is 2.25 bits per heavy atom. The zero-order valence-corrected chi connectivity index (χ0v) is 7.67. The van der Waals surface area contributed by atoms with Crippen LogP contribution in [0.15, 0.2) is 24.3 Å². The van der Waals surface area contributed by atoms with E-state index in [9.17, 15) is 0 Å². The molecule has 0 spiro atoms. The molecule has 1 nitrogen and oxygen atoms in total. The Kier molecular flexibility index (Phi) is 5.64. The molecule has 0 aromatic carbocycles. The van der Waals surface area contributed by atoms with Crippen molar-refractivity contribution in [2.45, 2.75) is 32.1 Å². The molecule has 1 heteroatoms. The van der Waals surface area contributed by atoms with Crippen molar-refractivity contribution >= 4 is 0 Å². The van der Waals surface area contributed by atoms with Crippen LogP contribution in [0.2, 0.25) is 0 Å². The number of allylic oxidation sites excluding steroid dienone is 3. The third-order valence-corrected chi connectivity index (χ3v) is 1.95. The van der Waals surface area contributed by atoms with Gasteiger partial charge in [-0.15, -0.1) is 0 Å². The lowest BCUT2D eigenvalue weighted by Gasteiger charge is -2.00. The fraction of sp³-hybridized carbons (Fsp3) is 0.636. The lowest BCUT2D eigenvalue weighted by molar-refractivity contribution is 0.160. The standard InChI is InChI=1S/C11H18O/c1-2-4-6-8-10-12-11-9-7-5-3-1/h2,4,7,9H,1,3,5-6,8,10-11H2/b4-2+,9-7-. The van der Waals surface area contributed by atoms with Crippen LogP contribution >= 0.6 is 0 Å². The first-order valence-corrected chi connectivity index (χ1v) is 4.88. The summed E-state index contributed by atoms with van der Waals surface area (Å²) in [5.41, 5.74) is 0. The molecule has 0 amide bonds. The topological polar surface area (TPSA) is 9.23 Å². The van der Waals surface area contributed by atoms with Gasteiger partial charge in [-0.05, 0) is 32.1 Å². The largest absolute Gasteiger partial charge is 0.377 e. The van der Waals surface area contributed by atoms with Crippen molar-refractivity contribution in [1.29, 1.82) is 0 Å². The fourth-order valence-corrected chi connectivity index (χ4v) is 1.23. The van der Waals surface area contributed by atoms with Gasteiger partial charge in [-0.1, -0.05) is 24.3 Å². The predicted molar refractivity (Wildman–Crippen MR) is 52.2 cm³/mol. The van der Waals surface area contributed by atoms with Gasteiger partial charge in [0, 0.05) is 6.61 Å². The van der Waals surface area contributed by atoms with E-state index in [2.05, 4.69) is 24.3 Å². The zero-order chi connectivity index (χ0) is 8.49. The van der Waals surface area contributed by atoms with Crippen molar-refractivity contribution in [1.82, 2.24) is 0 Å². The fourth-order valence-electron chi connectivity index (χ4n) is 1.23. The number of ether oxygens (including phenoxy) is 1. The summed E-state index contributed by atoms with van der Waals surface area (Å²) >= 11 is 0. The molecule has 0 unspecified atom stereocenters. The summed E-state index contributed by atoms with van der Waals surface area (Å²) in [5.74, 6) is 0. The van der Waals surface area contributed by atoms with Crippen molar-refractivity contribution in [3.05, 3.63) is 24.3 Å². The Hall–Kier alpha value is -0.560. The summed E-state index contributed by atoms with van der Waals surface area (Å²) in [6, 6.07) is 0. The molecule has 0 aromatic heterocycles. The molecule has 0 aliphatic carbocycles. The van der Waals surface area contributed by atoms with Crippen molar-refractivity contribution in [2.24, 2.45) is 0 Å². The molecule has 0 radical (unpaired) electrons. The molecular formula is C11H18O. The maximum atomic E-state index is 5.39. The summed E-state index contributed by atoms with van der Waals surface area (Å²) in [6.07, 6.45) is 14.9. The second kappa shape index (κ2) is 7.11. The molecule has 68 valence electrons. The molecule has 12 heavy (non-hydrogen) atoms. The average molecular weight is 166 g/mol.